The Morgan fingerprint density at radius 2 is 1.83 bits per heavy atom. The fourth-order valence-corrected chi connectivity index (χ4v) is 4.64. The highest BCUT2D eigenvalue weighted by atomic mass is 16.1. The van der Waals surface area contributed by atoms with Gasteiger partial charge >= 0.3 is 0 Å². The molecule has 3 heteroatoms. The summed E-state index contributed by atoms with van der Waals surface area (Å²) in [7, 11) is 0. The van der Waals surface area contributed by atoms with Gasteiger partial charge in [-0.15, -0.1) is 0 Å². The second kappa shape index (κ2) is 9.06. The molecule has 0 amide bonds. The highest BCUT2D eigenvalue weighted by molar-refractivity contribution is 5.97. The van der Waals surface area contributed by atoms with Crippen LogP contribution in [-0.2, 0) is 5.41 Å². The molecule has 1 atom stereocenters. The summed E-state index contributed by atoms with van der Waals surface area (Å²) in [5.74, 6) is 0.188. The molecule has 0 N–H and O–H groups in total. The molecule has 0 saturated heterocycles. The van der Waals surface area contributed by atoms with Crippen LogP contribution >= 0.6 is 0 Å². The zero-order valence-corrected chi connectivity index (χ0v) is 17.4. The van der Waals surface area contributed by atoms with Gasteiger partial charge in [0.25, 0.3) is 0 Å². The number of nitriles is 1. The summed E-state index contributed by atoms with van der Waals surface area (Å²) >= 11 is 0. The normalized spacial score (nSPS) is 16.6. The minimum atomic E-state index is -0.364. The van der Waals surface area contributed by atoms with Crippen molar-refractivity contribution in [1.29, 1.82) is 5.26 Å². The number of Topliss-reactive ketones (excluding diaryl/α,β-unsaturated/α-hetero) is 1. The van der Waals surface area contributed by atoms with Crippen LogP contribution in [0, 0.1) is 24.8 Å². The van der Waals surface area contributed by atoms with Crippen LogP contribution < -0.4 is 0 Å². The van der Waals surface area contributed by atoms with Crippen molar-refractivity contribution in [3.05, 3.63) is 70.1 Å². The Labute approximate surface area is 174 Å². The van der Waals surface area contributed by atoms with Crippen molar-refractivity contribution >= 4 is 5.78 Å². The van der Waals surface area contributed by atoms with Gasteiger partial charge < -0.3 is 4.85 Å². The molecule has 1 aliphatic rings. The SMILES string of the molecule is [C-]#[N+]CCC1(CCC#N)c2cc(C)ccc2-c2ccc(C(=O)CCCCC)cc21. The van der Waals surface area contributed by atoms with Gasteiger partial charge in [0.05, 0.1) is 6.07 Å². The summed E-state index contributed by atoms with van der Waals surface area (Å²) in [6.07, 6.45) is 5.44. The fraction of sp³-hybridized carbons (Fsp3) is 0.423. The van der Waals surface area contributed by atoms with E-state index in [1.807, 2.05) is 6.07 Å². The predicted molar refractivity (Wildman–Crippen MR) is 117 cm³/mol. The summed E-state index contributed by atoms with van der Waals surface area (Å²) in [6, 6.07) is 14.8. The molecule has 3 nitrogen and oxygen atoms in total. The number of rotatable bonds is 9. The first-order chi connectivity index (χ1) is 14.1. The fourth-order valence-electron chi connectivity index (χ4n) is 4.64. The third-order valence-electron chi connectivity index (χ3n) is 6.16. The second-order valence-electron chi connectivity index (χ2n) is 8.06. The van der Waals surface area contributed by atoms with E-state index in [4.69, 9.17) is 6.57 Å². The lowest BCUT2D eigenvalue weighted by Crippen LogP contribution is -2.26. The lowest BCUT2D eigenvalue weighted by Gasteiger charge is -2.30. The molecule has 3 rings (SSSR count). The number of carbonyl (C=O) groups excluding carboxylic acids is 1. The molecule has 1 aliphatic carbocycles. The van der Waals surface area contributed by atoms with Crippen LogP contribution in [0.1, 0.15) is 78.9 Å². The first kappa shape index (κ1) is 20.8. The molecule has 0 radical (unpaired) electrons. The van der Waals surface area contributed by atoms with Gasteiger partial charge in [-0.05, 0) is 48.1 Å². The van der Waals surface area contributed by atoms with E-state index in [1.165, 1.54) is 16.7 Å². The van der Waals surface area contributed by atoms with Crippen LogP contribution in [0.4, 0.5) is 0 Å². The quantitative estimate of drug-likeness (QED) is 0.276. The Morgan fingerprint density at radius 3 is 2.52 bits per heavy atom. The van der Waals surface area contributed by atoms with E-state index in [1.54, 1.807) is 0 Å². The summed E-state index contributed by atoms with van der Waals surface area (Å²) < 4.78 is 0. The molecule has 0 heterocycles. The maximum absolute atomic E-state index is 12.8. The Balaban J connectivity index is 2.12. The second-order valence-corrected chi connectivity index (χ2v) is 8.06. The zero-order chi connectivity index (χ0) is 20.9. The average Bonchev–Trinajstić information content (AvgIpc) is 2.99. The van der Waals surface area contributed by atoms with E-state index in [0.29, 0.717) is 32.2 Å². The molecule has 148 valence electrons. The monoisotopic (exact) mass is 384 g/mol. The van der Waals surface area contributed by atoms with Crippen molar-refractivity contribution in [2.45, 2.75) is 64.2 Å². The van der Waals surface area contributed by atoms with E-state index < -0.39 is 0 Å². The Bertz CT molecular complexity index is 973. The molecular weight excluding hydrogens is 356 g/mol. The number of nitrogens with zero attached hydrogens (tertiary/aromatic N) is 2. The average molecular weight is 385 g/mol. The highest BCUT2D eigenvalue weighted by Crippen LogP contribution is 2.53. The van der Waals surface area contributed by atoms with Crippen LogP contribution in [0.25, 0.3) is 16.0 Å². The standard InChI is InChI=1S/C26H28N2O/c1-4-5-6-8-25(29)20-10-12-22-21-11-9-19(2)17-23(21)26(13-7-15-27,14-16-28-3)24(22)18-20/h9-12,17-18H,4-8,13-14,16H2,1-2H3. The van der Waals surface area contributed by atoms with Gasteiger partial charge in [-0.25, -0.2) is 6.57 Å². The molecule has 2 aromatic rings. The van der Waals surface area contributed by atoms with Gasteiger partial charge in [0.1, 0.15) is 0 Å². The van der Waals surface area contributed by atoms with Crippen molar-refractivity contribution in [3.8, 4) is 17.2 Å². The van der Waals surface area contributed by atoms with E-state index in [9.17, 15) is 10.1 Å². The Kier molecular flexibility index (Phi) is 6.50. The molecule has 2 aromatic carbocycles. The minimum Gasteiger partial charge on any atom is -0.317 e. The van der Waals surface area contributed by atoms with Gasteiger partial charge in [0.15, 0.2) is 5.78 Å². The Morgan fingerprint density at radius 1 is 1.10 bits per heavy atom. The topological polar surface area (TPSA) is 45.2 Å². The zero-order valence-electron chi connectivity index (χ0n) is 17.4. The predicted octanol–water partition coefficient (Wildman–Crippen LogP) is 6.64. The summed E-state index contributed by atoms with van der Waals surface area (Å²) in [5, 5.41) is 9.32. The number of unbranched alkanes of at least 4 members (excludes halogenated alkanes) is 2. The van der Waals surface area contributed by atoms with Crippen molar-refractivity contribution in [2.75, 3.05) is 6.54 Å². The molecule has 0 spiro atoms. The third-order valence-corrected chi connectivity index (χ3v) is 6.16. The largest absolute Gasteiger partial charge is 0.317 e. The smallest absolute Gasteiger partial charge is 0.215 e. The van der Waals surface area contributed by atoms with Gasteiger partial charge in [-0.2, -0.15) is 5.26 Å². The first-order valence-electron chi connectivity index (χ1n) is 10.6. The van der Waals surface area contributed by atoms with Crippen molar-refractivity contribution in [2.24, 2.45) is 0 Å². The molecule has 0 aromatic heterocycles. The summed E-state index contributed by atoms with van der Waals surface area (Å²) in [6.45, 7) is 12.0. The number of aryl methyl sites for hydroxylation is 1. The molecule has 0 bridgehead atoms. The number of fused-ring (bicyclic) bond motifs is 3. The van der Waals surface area contributed by atoms with E-state index >= 15 is 0 Å². The number of carbonyl (C=O) groups is 1. The van der Waals surface area contributed by atoms with E-state index in [0.717, 1.165) is 36.0 Å². The summed E-state index contributed by atoms with van der Waals surface area (Å²) in [5.41, 5.74) is 6.23. The number of hydrogen-bond acceptors (Lipinski definition) is 2. The maximum atomic E-state index is 12.8. The minimum absolute atomic E-state index is 0.188. The van der Waals surface area contributed by atoms with E-state index in [2.05, 4.69) is 55.1 Å². The van der Waals surface area contributed by atoms with Crippen LogP contribution in [0.5, 0.6) is 0 Å². The Hall–Kier alpha value is -2.91. The van der Waals surface area contributed by atoms with Crippen LogP contribution in [0.15, 0.2) is 36.4 Å². The first-order valence-corrected chi connectivity index (χ1v) is 10.6. The number of benzene rings is 2. The van der Waals surface area contributed by atoms with Crippen molar-refractivity contribution in [3.63, 3.8) is 0 Å². The van der Waals surface area contributed by atoms with E-state index in [-0.39, 0.29) is 11.2 Å². The van der Waals surface area contributed by atoms with Crippen LogP contribution in [0.3, 0.4) is 0 Å². The van der Waals surface area contributed by atoms with Gasteiger partial charge in [-0.3, -0.25) is 4.79 Å². The lowest BCUT2D eigenvalue weighted by atomic mass is 9.71. The van der Waals surface area contributed by atoms with Crippen molar-refractivity contribution < 1.29 is 4.79 Å². The van der Waals surface area contributed by atoms with Gasteiger partial charge in [0, 0.05) is 30.2 Å². The molecule has 29 heavy (non-hydrogen) atoms. The number of ketones is 1. The molecule has 0 aliphatic heterocycles. The molecular formula is C26H28N2O. The van der Waals surface area contributed by atoms with Gasteiger partial charge in [-0.1, -0.05) is 55.7 Å². The molecule has 0 saturated carbocycles. The van der Waals surface area contributed by atoms with Gasteiger partial charge in [0.2, 0.25) is 6.54 Å². The maximum Gasteiger partial charge on any atom is 0.215 e. The molecule has 0 fully saturated rings. The number of hydrogen-bond donors (Lipinski definition) is 0. The molecule has 1 unspecified atom stereocenters. The lowest BCUT2D eigenvalue weighted by molar-refractivity contribution is 0.0979. The third kappa shape index (κ3) is 3.96. The van der Waals surface area contributed by atoms with Crippen molar-refractivity contribution in [1.82, 2.24) is 0 Å². The van der Waals surface area contributed by atoms with Crippen LogP contribution in [-0.4, -0.2) is 12.3 Å². The summed E-state index contributed by atoms with van der Waals surface area (Å²) in [4.78, 5) is 16.4. The highest BCUT2D eigenvalue weighted by Gasteiger charge is 2.43. The van der Waals surface area contributed by atoms with Crippen LogP contribution in [0.2, 0.25) is 0 Å².